The van der Waals surface area contributed by atoms with E-state index in [1.165, 1.54) is 0 Å². The van der Waals surface area contributed by atoms with Gasteiger partial charge in [-0.25, -0.2) is 0 Å². The second kappa shape index (κ2) is 6.59. The van der Waals surface area contributed by atoms with Gasteiger partial charge in [0.15, 0.2) is 0 Å². The number of amides is 1. The number of halogens is 1. The van der Waals surface area contributed by atoms with Crippen LogP contribution in [0.15, 0.2) is 24.3 Å². The number of hydrogen-bond acceptors (Lipinski definition) is 3. The molecular formula is C12H18ClN3O. The minimum absolute atomic E-state index is 0.0435. The topological polar surface area (TPSA) is 58.4 Å². The number of benzene rings is 1. The molecule has 1 unspecified atom stereocenters. The highest BCUT2D eigenvalue weighted by Gasteiger charge is 2.19. The summed E-state index contributed by atoms with van der Waals surface area (Å²) < 4.78 is 0. The third-order valence-electron chi connectivity index (χ3n) is 2.69. The van der Waals surface area contributed by atoms with E-state index in [-0.39, 0.29) is 11.9 Å². The standard InChI is InChI=1S/C12H18ClN3O/c1-15-12(17)8-16(2)11(7-14)9-5-3-4-6-10(9)13/h3-6,11H,7-8,14H2,1-2H3,(H,15,17). The van der Waals surface area contributed by atoms with E-state index < -0.39 is 0 Å². The summed E-state index contributed by atoms with van der Waals surface area (Å²) in [5.41, 5.74) is 6.71. The Kier molecular flexibility index (Phi) is 5.41. The molecule has 0 aromatic heterocycles. The van der Waals surface area contributed by atoms with Gasteiger partial charge in [-0.3, -0.25) is 9.69 Å². The summed E-state index contributed by atoms with van der Waals surface area (Å²) in [4.78, 5) is 13.2. The number of hydrogen-bond donors (Lipinski definition) is 2. The number of likely N-dealkylation sites (N-methyl/N-ethyl adjacent to an activating group) is 2. The largest absolute Gasteiger partial charge is 0.358 e. The maximum absolute atomic E-state index is 11.3. The zero-order valence-electron chi connectivity index (χ0n) is 10.1. The lowest BCUT2D eigenvalue weighted by Crippen LogP contribution is -2.38. The molecule has 1 aromatic rings. The monoisotopic (exact) mass is 255 g/mol. The average molecular weight is 256 g/mol. The van der Waals surface area contributed by atoms with Crippen LogP contribution in [-0.4, -0.2) is 38.0 Å². The van der Waals surface area contributed by atoms with Crippen LogP contribution in [0.1, 0.15) is 11.6 Å². The van der Waals surface area contributed by atoms with Crippen molar-refractivity contribution in [2.24, 2.45) is 5.73 Å². The van der Waals surface area contributed by atoms with Gasteiger partial charge in [0.2, 0.25) is 5.91 Å². The van der Waals surface area contributed by atoms with Crippen LogP contribution >= 0.6 is 11.6 Å². The van der Waals surface area contributed by atoms with Crippen molar-refractivity contribution in [2.45, 2.75) is 6.04 Å². The van der Waals surface area contributed by atoms with Crippen molar-refractivity contribution in [1.29, 1.82) is 0 Å². The molecule has 1 atom stereocenters. The Bertz CT molecular complexity index is 384. The van der Waals surface area contributed by atoms with Crippen LogP contribution in [0, 0.1) is 0 Å². The highest BCUT2D eigenvalue weighted by atomic mass is 35.5. The van der Waals surface area contributed by atoms with Crippen molar-refractivity contribution in [3.8, 4) is 0 Å². The number of nitrogens with zero attached hydrogens (tertiary/aromatic N) is 1. The van der Waals surface area contributed by atoms with E-state index in [4.69, 9.17) is 17.3 Å². The first-order chi connectivity index (χ1) is 8.10. The summed E-state index contributed by atoms with van der Waals surface area (Å²) in [5.74, 6) is -0.0435. The van der Waals surface area contributed by atoms with Gasteiger partial charge in [0, 0.05) is 24.7 Å². The number of carbonyl (C=O) groups is 1. The van der Waals surface area contributed by atoms with Gasteiger partial charge < -0.3 is 11.1 Å². The number of carbonyl (C=O) groups excluding carboxylic acids is 1. The third-order valence-corrected chi connectivity index (χ3v) is 3.04. The second-order valence-corrected chi connectivity index (χ2v) is 4.27. The predicted octanol–water partition coefficient (Wildman–Crippen LogP) is 1.02. The SMILES string of the molecule is CNC(=O)CN(C)C(CN)c1ccccc1Cl. The molecule has 4 nitrogen and oxygen atoms in total. The Morgan fingerprint density at radius 1 is 1.53 bits per heavy atom. The molecule has 94 valence electrons. The maximum Gasteiger partial charge on any atom is 0.233 e. The molecule has 1 rings (SSSR count). The highest BCUT2D eigenvalue weighted by Crippen LogP contribution is 2.25. The molecule has 0 aliphatic rings. The minimum atomic E-state index is -0.0546. The lowest BCUT2D eigenvalue weighted by atomic mass is 10.1. The molecule has 0 fully saturated rings. The summed E-state index contributed by atoms with van der Waals surface area (Å²) in [7, 11) is 3.47. The molecule has 0 heterocycles. The van der Waals surface area contributed by atoms with Gasteiger partial charge in [-0.2, -0.15) is 0 Å². The van der Waals surface area contributed by atoms with Gasteiger partial charge in [-0.1, -0.05) is 29.8 Å². The van der Waals surface area contributed by atoms with Crippen molar-refractivity contribution in [1.82, 2.24) is 10.2 Å². The lowest BCUT2D eigenvalue weighted by molar-refractivity contribution is -0.121. The van der Waals surface area contributed by atoms with E-state index in [1.807, 2.05) is 36.2 Å². The molecule has 0 saturated heterocycles. The highest BCUT2D eigenvalue weighted by molar-refractivity contribution is 6.31. The second-order valence-electron chi connectivity index (χ2n) is 3.86. The molecule has 1 amide bonds. The van der Waals surface area contributed by atoms with E-state index in [0.29, 0.717) is 18.1 Å². The molecule has 0 bridgehead atoms. The zero-order chi connectivity index (χ0) is 12.8. The summed E-state index contributed by atoms with van der Waals surface area (Å²) >= 11 is 6.13. The first kappa shape index (κ1) is 14.0. The summed E-state index contributed by atoms with van der Waals surface area (Å²) in [6, 6.07) is 7.49. The molecule has 0 radical (unpaired) electrons. The summed E-state index contributed by atoms with van der Waals surface area (Å²) in [6.07, 6.45) is 0. The maximum atomic E-state index is 11.3. The fourth-order valence-electron chi connectivity index (χ4n) is 1.71. The van der Waals surface area contributed by atoms with E-state index in [0.717, 1.165) is 5.56 Å². The first-order valence-corrected chi connectivity index (χ1v) is 5.83. The van der Waals surface area contributed by atoms with Crippen molar-refractivity contribution in [3.05, 3.63) is 34.9 Å². The normalized spacial score (nSPS) is 12.5. The van der Waals surface area contributed by atoms with Gasteiger partial charge in [-0.15, -0.1) is 0 Å². The number of nitrogens with one attached hydrogen (secondary N) is 1. The van der Waals surface area contributed by atoms with Crippen LogP contribution in [0.25, 0.3) is 0 Å². The van der Waals surface area contributed by atoms with Crippen molar-refractivity contribution >= 4 is 17.5 Å². The Hall–Kier alpha value is -1.10. The van der Waals surface area contributed by atoms with E-state index in [9.17, 15) is 4.79 Å². The zero-order valence-corrected chi connectivity index (χ0v) is 10.9. The van der Waals surface area contributed by atoms with Crippen LogP contribution in [0.5, 0.6) is 0 Å². The fourth-order valence-corrected chi connectivity index (χ4v) is 1.97. The van der Waals surface area contributed by atoms with Gasteiger partial charge in [-0.05, 0) is 18.7 Å². The fraction of sp³-hybridized carbons (Fsp3) is 0.417. The van der Waals surface area contributed by atoms with Crippen LogP contribution in [-0.2, 0) is 4.79 Å². The molecule has 0 aliphatic carbocycles. The number of nitrogens with two attached hydrogens (primary N) is 1. The summed E-state index contributed by atoms with van der Waals surface area (Å²) in [6.45, 7) is 0.709. The smallest absolute Gasteiger partial charge is 0.233 e. The number of rotatable bonds is 5. The van der Waals surface area contributed by atoms with Crippen LogP contribution < -0.4 is 11.1 Å². The van der Waals surface area contributed by atoms with E-state index >= 15 is 0 Å². The Morgan fingerprint density at radius 3 is 2.71 bits per heavy atom. The Balaban J connectivity index is 2.84. The molecule has 0 aliphatic heterocycles. The van der Waals surface area contributed by atoms with Gasteiger partial charge in [0.1, 0.15) is 0 Å². The molecule has 17 heavy (non-hydrogen) atoms. The van der Waals surface area contributed by atoms with Gasteiger partial charge in [0.05, 0.1) is 6.54 Å². The van der Waals surface area contributed by atoms with Crippen molar-refractivity contribution in [3.63, 3.8) is 0 Å². The Labute approximate surface area is 107 Å². The minimum Gasteiger partial charge on any atom is -0.358 e. The van der Waals surface area contributed by atoms with Crippen LogP contribution in [0.2, 0.25) is 5.02 Å². The molecular weight excluding hydrogens is 238 g/mol. The third kappa shape index (κ3) is 3.70. The van der Waals surface area contributed by atoms with Crippen LogP contribution in [0.3, 0.4) is 0 Å². The molecule has 5 heteroatoms. The lowest BCUT2D eigenvalue weighted by Gasteiger charge is -2.27. The molecule has 1 aromatic carbocycles. The van der Waals surface area contributed by atoms with Gasteiger partial charge >= 0.3 is 0 Å². The Morgan fingerprint density at radius 2 is 2.18 bits per heavy atom. The molecule has 3 N–H and O–H groups in total. The predicted molar refractivity (Wildman–Crippen MR) is 69.9 cm³/mol. The summed E-state index contributed by atoms with van der Waals surface area (Å²) in [5, 5.41) is 3.26. The quantitative estimate of drug-likeness (QED) is 0.826. The van der Waals surface area contributed by atoms with E-state index in [2.05, 4.69) is 5.32 Å². The van der Waals surface area contributed by atoms with E-state index in [1.54, 1.807) is 7.05 Å². The van der Waals surface area contributed by atoms with Gasteiger partial charge in [0.25, 0.3) is 0 Å². The first-order valence-electron chi connectivity index (χ1n) is 5.45. The average Bonchev–Trinajstić information content (AvgIpc) is 2.32. The van der Waals surface area contributed by atoms with Crippen molar-refractivity contribution in [2.75, 3.05) is 27.2 Å². The van der Waals surface area contributed by atoms with Crippen LogP contribution in [0.4, 0.5) is 0 Å². The molecule has 0 spiro atoms. The molecule has 0 saturated carbocycles. The van der Waals surface area contributed by atoms with Crippen molar-refractivity contribution < 1.29 is 4.79 Å².